The van der Waals surface area contributed by atoms with Gasteiger partial charge in [-0.3, -0.25) is 4.40 Å². The summed E-state index contributed by atoms with van der Waals surface area (Å²) < 4.78 is 8.07. The Kier molecular flexibility index (Phi) is 3.22. The summed E-state index contributed by atoms with van der Waals surface area (Å²) in [6.45, 7) is 2.85. The summed E-state index contributed by atoms with van der Waals surface area (Å²) in [5, 5.41) is 0. The highest BCUT2D eigenvalue weighted by atomic mass is 16.5. The summed E-state index contributed by atoms with van der Waals surface area (Å²) in [6, 6.07) is 6.04. The van der Waals surface area contributed by atoms with Crippen LogP contribution in [0.1, 0.15) is 37.8 Å². The fourth-order valence-electron chi connectivity index (χ4n) is 2.82. The Balaban J connectivity index is 1.75. The molecule has 3 rings (SSSR count). The second kappa shape index (κ2) is 5.01. The number of pyridine rings is 1. The van der Waals surface area contributed by atoms with E-state index in [0.29, 0.717) is 0 Å². The maximum absolute atomic E-state index is 6.03. The molecule has 0 radical (unpaired) electrons. The molecule has 2 heterocycles. The van der Waals surface area contributed by atoms with Crippen molar-refractivity contribution in [1.82, 2.24) is 9.38 Å². The van der Waals surface area contributed by atoms with E-state index >= 15 is 0 Å². The maximum Gasteiger partial charge on any atom is 0.221 e. The molecule has 0 N–H and O–H groups in total. The maximum atomic E-state index is 6.03. The first kappa shape index (κ1) is 11.6. The van der Waals surface area contributed by atoms with Gasteiger partial charge in [-0.2, -0.15) is 0 Å². The molecule has 0 amide bonds. The van der Waals surface area contributed by atoms with Crippen molar-refractivity contribution in [2.24, 2.45) is 5.92 Å². The van der Waals surface area contributed by atoms with Crippen LogP contribution in [0.5, 0.6) is 5.88 Å². The summed E-state index contributed by atoms with van der Waals surface area (Å²) in [7, 11) is 0. The average molecular weight is 244 g/mol. The SMILES string of the molecule is Cc1nc2ccccn2c1OCC1CCCCC1. The fraction of sp³-hybridized carbons (Fsp3) is 0.533. The quantitative estimate of drug-likeness (QED) is 0.824. The van der Waals surface area contributed by atoms with Gasteiger partial charge in [0.1, 0.15) is 11.3 Å². The highest BCUT2D eigenvalue weighted by Crippen LogP contribution is 2.26. The van der Waals surface area contributed by atoms with Gasteiger partial charge in [-0.25, -0.2) is 4.98 Å². The van der Waals surface area contributed by atoms with E-state index in [-0.39, 0.29) is 0 Å². The molecule has 1 fully saturated rings. The topological polar surface area (TPSA) is 26.5 Å². The molecule has 1 aliphatic rings. The van der Waals surface area contributed by atoms with Gasteiger partial charge < -0.3 is 4.74 Å². The number of rotatable bonds is 3. The van der Waals surface area contributed by atoms with Crippen molar-refractivity contribution in [2.45, 2.75) is 39.0 Å². The van der Waals surface area contributed by atoms with Crippen LogP contribution in [0.4, 0.5) is 0 Å². The van der Waals surface area contributed by atoms with Gasteiger partial charge in [0.05, 0.1) is 6.61 Å². The molecule has 3 heteroatoms. The van der Waals surface area contributed by atoms with Crippen LogP contribution in [0.3, 0.4) is 0 Å². The zero-order valence-electron chi connectivity index (χ0n) is 10.9. The van der Waals surface area contributed by atoms with Crippen molar-refractivity contribution >= 4 is 5.65 Å². The number of nitrogens with zero attached hydrogens (tertiary/aromatic N) is 2. The van der Waals surface area contributed by atoms with Crippen molar-refractivity contribution in [3.8, 4) is 5.88 Å². The fourth-order valence-corrected chi connectivity index (χ4v) is 2.82. The third-order valence-electron chi connectivity index (χ3n) is 3.83. The predicted molar refractivity (Wildman–Crippen MR) is 72.0 cm³/mol. The van der Waals surface area contributed by atoms with Crippen molar-refractivity contribution in [1.29, 1.82) is 0 Å². The highest BCUT2D eigenvalue weighted by Gasteiger charge is 2.16. The molecule has 0 spiro atoms. The van der Waals surface area contributed by atoms with Crippen molar-refractivity contribution < 1.29 is 4.74 Å². The molecular weight excluding hydrogens is 224 g/mol. The number of aryl methyl sites for hydroxylation is 1. The first-order chi connectivity index (χ1) is 8.84. The summed E-state index contributed by atoms with van der Waals surface area (Å²) in [5.41, 5.74) is 1.95. The van der Waals surface area contributed by atoms with E-state index in [1.54, 1.807) is 0 Å². The lowest BCUT2D eigenvalue weighted by atomic mass is 9.90. The Morgan fingerprint density at radius 2 is 2.11 bits per heavy atom. The zero-order valence-corrected chi connectivity index (χ0v) is 10.9. The van der Waals surface area contributed by atoms with Crippen LogP contribution in [-0.4, -0.2) is 16.0 Å². The Hall–Kier alpha value is -1.51. The minimum Gasteiger partial charge on any atom is -0.477 e. The van der Waals surface area contributed by atoms with Crippen molar-refractivity contribution in [2.75, 3.05) is 6.61 Å². The average Bonchev–Trinajstić information content (AvgIpc) is 2.73. The third-order valence-corrected chi connectivity index (χ3v) is 3.83. The van der Waals surface area contributed by atoms with Gasteiger partial charge in [0.15, 0.2) is 0 Å². The molecule has 0 atom stereocenters. The molecule has 0 aliphatic heterocycles. The van der Waals surface area contributed by atoms with Gasteiger partial charge in [-0.05, 0) is 37.8 Å². The number of ether oxygens (including phenoxy) is 1. The second-order valence-corrected chi connectivity index (χ2v) is 5.25. The Bertz CT molecular complexity index is 526. The molecule has 0 saturated heterocycles. The monoisotopic (exact) mass is 244 g/mol. The van der Waals surface area contributed by atoms with Crippen molar-refractivity contribution in [3.63, 3.8) is 0 Å². The van der Waals surface area contributed by atoms with Gasteiger partial charge in [-0.15, -0.1) is 0 Å². The van der Waals surface area contributed by atoms with Gasteiger partial charge >= 0.3 is 0 Å². The van der Waals surface area contributed by atoms with Gasteiger partial charge in [-0.1, -0.05) is 25.3 Å². The number of aromatic nitrogens is 2. The molecule has 1 aliphatic carbocycles. The predicted octanol–water partition coefficient (Wildman–Crippen LogP) is 3.60. The number of fused-ring (bicyclic) bond motifs is 1. The molecule has 2 aromatic rings. The summed E-state index contributed by atoms with van der Waals surface area (Å²) in [4.78, 5) is 4.51. The van der Waals surface area contributed by atoms with Crippen LogP contribution in [0.25, 0.3) is 5.65 Å². The van der Waals surface area contributed by atoms with Crippen LogP contribution in [0, 0.1) is 12.8 Å². The molecule has 18 heavy (non-hydrogen) atoms. The summed E-state index contributed by atoms with van der Waals surface area (Å²) >= 11 is 0. The van der Waals surface area contributed by atoms with Gasteiger partial charge in [0, 0.05) is 6.20 Å². The minimum absolute atomic E-state index is 0.729. The van der Waals surface area contributed by atoms with E-state index in [2.05, 4.69) is 4.98 Å². The molecule has 2 aromatic heterocycles. The van der Waals surface area contributed by atoms with Crippen molar-refractivity contribution in [3.05, 3.63) is 30.1 Å². The third kappa shape index (κ3) is 2.22. The van der Waals surface area contributed by atoms with E-state index in [9.17, 15) is 0 Å². The number of hydrogen-bond donors (Lipinski definition) is 0. The Morgan fingerprint density at radius 1 is 1.28 bits per heavy atom. The second-order valence-electron chi connectivity index (χ2n) is 5.25. The lowest BCUT2D eigenvalue weighted by Gasteiger charge is -2.21. The van der Waals surface area contributed by atoms with Crippen LogP contribution in [0.15, 0.2) is 24.4 Å². The first-order valence-electron chi connectivity index (χ1n) is 6.91. The van der Waals surface area contributed by atoms with E-state index < -0.39 is 0 Å². The molecule has 1 saturated carbocycles. The standard InChI is InChI=1S/C15H20N2O/c1-12-15(17-10-6-5-9-14(17)16-12)18-11-13-7-3-2-4-8-13/h5-6,9-10,13H,2-4,7-8,11H2,1H3. The lowest BCUT2D eigenvalue weighted by Crippen LogP contribution is -2.16. The zero-order chi connectivity index (χ0) is 12.4. The molecular formula is C15H20N2O. The lowest BCUT2D eigenvalue weighted by molar-refractivity contribution is 0.200. The van der Waals surface area contributed by atoms with Crippen LogP contribution >= 0.6 is 0 Å². The van der Waals surface area contributed by atoms with Crippen LogP contribution in [0.2, 0.25) is 0 Å². The molecule has 3 nitrogen and oxygen atoms in total. The number of imidazole rings is 1. The molecule has 0 bridgehead atoms. The minimum atomic E-state index is 0.729. The number of hydrogen-bond acceptors (Lipinski definition) is 2. The van der Waals surface area contributed by atoms with Crippen LogP contribution in [-0.2, 0) is 0 Å². The van der Waals surface area contributed by atoms with E-state index in [4.69, 9.17) is 4.74 Å². The first-order valence-corrected chi connectivity index (χ1v) is 6.91. The molecule has 0 unspecified atom stereocenters. The highest BCUT2D eigenvalue weighted by molar-refractivity contribution is 5.45. The smallest absolute Gasteiger partial charge is 0.221 e. The summed E-state index contributed by atoms with van der Waals surface area (Å²) in [6.07, 6.45) is 8.77. The van der Waals surface area contributed by atoms with Crippen LogP contribution < -0.4 is 4.74 Å². The van der Waals surface area contributed by atoms with E-state index in [1.165, 1.54) is 32.1 Å². The van der Waals surface area contributed by atoms with Gasteiger partial charge in [0.25, 0.3) is 0 Å². The molecule has 0 aromatic carbocycles. The largest absolute Gasteiger partial charge is 0.477 e. The normalized spacial score (nSPS) is 17.2. The van der Waals surface area contributed by atoms with E-state index in [0.717, 1.165) is 29.7 Å². The van der Waals surface area contributed by atoms with E-state index in [1.807, 2.05) is 35.7 Å². The summed E-state index contributed by atoms with van der Waals surface area (Å²) in [5.74, 6) is 1.64. The Morgan fingerprint density at radius 3 is 2.94 bits per heavy atom. The molecule has 96 valence electrons. The Labute approximate surface area is 108 Å². The van der Waals surface area contributed by atoms with Gasteiger partial charge in [0.2, 0.25) is 5.88 Å².